The van der Waals surface area contributed by atoms with E-state index in [2.05, 4.69) is 10.1 Å². The van der Waals surface area contributed by atoms with E-state index in [0.717, 1.165) is 25.0 Å². The van der Waals surface area contributed by atoms with Crippen LogP contribution in [0, 0.1) is 0 Å². The summed E-state index contributed by atoms with van der Waals surface area (Å²) in [5, 5.41) is 3.82. The highest BCUT2D eigenvalue weighted by Crippen LogP contribution is 2.30. The minimum atomic E-state index is -4.39. The SMILES string of the molecule is COC(=O)[C@H]1CCCCN1Cc1nc(-c2ccc(C(F)(F)F)cc2)no1. The molecule has 1 aliphatic heterocycles. The Kier molecular flexibility index (Phi) is 5.26. The number of piperidine rings is 1. The summed E-state index contributed by atoms with van der Waals surface area (Å²) in [4.78, 5) is 18.0. The number of ether oxygens (including phenoxy) is 1. The number of hydrogen-bond donors (Lipinski definition) is 0. The highest BCUT2D eigenvalue weighted by Gasteiger charge is 2.31. The minimum absolute atomic E-state index is 0.209. The number of methoxy groups -OCH3 is 1. The molecule has 1 aromatic heterocycles. The zero-order chi connectivity index (χ0) is 18.7. The van der Waals surface area contributed by atoms with Crippen LogP contribution >= 0.6 is 0 Å². The van der Waals surface area contributed by atoms with Gasteiger partial charge >= 0.3 is 12.1 Å². The molecule has 6 nitrogen and oxygen atoms in total. The molecule has 1 atom stereocenters. The predicted molar refractivity (Wildman–Crippen MR) is 84.8 cm³/mol. The van der Waals surface area contributed by atoms with Crippen molar-refractivity contribution in [1.29, 1.82) is 0 Å². The number of benzene rings is 1. The van der Waals surface area contributed by atoms with Gasteiger partial charge in [-0.3, -0.25) is 9.69 Å². The molecule has 0 N–H and O–H groups in total. The highest BCUT2D eigenvalue weighted by molar-refractivity contribution is 5.75. The summed E-state index contributed by atoms with van der Waals surface area (Å²) in [6.07, 6.45) is -1.80. The van der Waals surface area contributed by atoms with Crippen molar-refractivity contribution in [3.05, 3.63) is 35.7 Å². The standard InChI is InChI=1S/C17H18F3N3O3/c1-25-16(24)13-4-2-3-9-23(13)10-14-21-15(22-26-14)11-5-7-12(8-6-11)17(18,19)20/h5-8,13H,2-4,9-10H2,1H3/t13-/m1/s1. The van der Waals surface area contributed by atoms with Gasteiger partial charge in [0, 0.05) is 5.56 Å². The number of nitrogens with zero attached hydrogens (tertiary/aromatic N) is 3. The molecule has 0 radical (unpaired) electrons. The molecule has 0 spiro atoms. The summed E-state index contributed by atoms with van der Waals surface area (Å²) in [6.45, 7) is 0.991. The number of carbonyl (C=O) groups excluding carboxylic acids is 1. The molecule has 0 bridgehead atoms. The van der Waals surface area contributed by atoms with Crippen LogP contribution in [-0.4, -0.2) is 40.7 Å². The van der Waals surface area contributed by atoms with E-state index in [1.165, 1.54) is 19.2 Å². The van der Waals surface area contributed by atoms with Gasteiger partial charge in [0.15, 0.2) is 0 Å². The maximum absolute atomic E-state index is 12.6. The van der Waals surface area contributed by atoms with Crippen LogP contribution in [0.5, 0.6) is 0 Å². The lowest BCUT2D eigenvalue weighted by Gasteiger charge is -2.32. The van der Waals surface area contributed by atoms with Crippen molar-refractivity contribution < 1.29 is 27.2 Å². The number of carbonyl (C=O) groups is 1. The normalized spacial score (nSPS) is 18.7. The van der Waals surface area contributed by atoms with Gasteiger partial charge in [0.1, 0.15) is 6.04 Å². The maximum atomic E-state index is 12.6. The fraction of sp³-hybridized carbons (Fsp3) is 0.471. The first-order valence-electron chi connectivity index (χ1n) is 8.20. The predicted octanol–water partition coefficient (Wildman–Crippen LogP) is 3.28. The quantitative estimate of drug-likeness (QED) is 0.771. The fourth-order valence-corrected chi connectivity index (χ4v) is 3.00. The van der Waals surface area contributed by atoms with Crippen LogP contribution in [0.1, 0.15) is 30.7 Å². The van der Waals surface area contributed by atoms with Gasteiger partial charge in [0.25, 0.3) is 0 Å². The average Bonchev–Trinajstić information content (AvgIpc) is 3.09. The van der Waals surface area contributed by atoms with Crippen LogP contribution in [-0.2, 0) is 22.3 Å². The lowest BCUT2D eigenvalue weighted by Crippen LogP contribution is -2.44. The molecule has 3 rings (SSSR count). The van der Waals surface area contributed by atoms with Gasteiger partial charge in [-0.25, -0.2) is 0 Å². The van der Waals surface area contributed by atoms with Gasteiger partial charge in [0.05, 0.1) is 19.2 Å². The largest absolute Gasteiger partial charge is 0.468 e. The van der Waals surface area contributed by atoms with Crippen molar-refractivity contribution in [2.45, 2.75) is 38.0 Å². The number of rotatable bonds is 4. The number of likely N-dealkylation sites (tertiary alicyclic amines) is 1. The molecule has 0 amide bonds. The third-order valence-corrected chi connectivity index (χ3v) is 4.36. The first kappa shape index (κ1) is 18.4. The van der Waals surface area contributed by atoms with Crippen molar-refractivity contribution in [3.8, 4) is 11.4 Å². The molecule has 9 heteroatoms. The van der Waals surface area contributed by atoms with Crippen LogP contribution in [0.25, 0.3) is 11.4 Å². The molecule has 0 unspecified atom stereocenters. The number of aromatic nitrogens is 2. The van der Waals surface area contributed by atoms with Crippen molar-refractivity contribution in [1.82, 2.24) is 15.0 Å². The van der Waals surface area contributed by atoms with E-state index in [4.69, 9.17) is 9.26 Å². The summed E-state index contributed by atoms with van der Waals surface area (Å²) in [6, 6.07) is 4.20. The van der Waals surface area contributed by atoms with Crippen molar-refractivity contribution >= 4 is 5.97 Å². The van der Waals surface area contributed by atoms with Gasteiger partial charge < -0.3 is 9.26 Å². The van der Waals surface area contributed by atoms with E-state index in [9.17, 15) is 18.0 Å². The van der Waals surface area contributed by atoms with Crippen molar-refractivity contribution in [3.63, 3.8) is 0 Å². The van der Waals surface area contributed by atoms with Gasteiger partial charge in [-0.15, -0.1) is 0 Å². The summed E-state index contributed by atoms with van der Waals surface area (Å²) in [7, 11) is 1.35. The Morgan fingerprint density at radius 3 is 2.69 bits per heavy atom. The Balaban J connectivity index is 1.72. The summed E-state index contributed by atoms with van der Waals surface area (Å²) < 4.78 is 47.9. The molecule has 0 aliphatic carbocycles. The van der Waals surface area contributed by atoms with E-state index < -0.39 is 11.7 Å². The molecule has 0 saturated carbocycles. The molecule has 2 aromatic rings. The molecule has 26 heavy (non-hydrogen) atoms. The molecular formula is C17H18F3N3O3. The molecule has 1 aliphatic rings. The molecule has 1 aromatic carbocycles. The summed E-state index contributed by atoms with van der Waals surface area (Å²) in [5.74, 6) is 0.211. The van der Waals surface area contributed by atoms with Crippen molar-refractivity contribution in [2.75, 3.05) is 13.7 Å². The average molecular weight is 369 g/mol. The number of halogens is 3. The first-order chi connectivity index (χ1) is 12.4. The Morgan fingerprint density at radius 1 is 1.31 bits per heavy atom. The van der Waals surface area contributed by atoms with E-state index in [-0.39, 0.29) is 24.4 Å². The second kappa shape index (κ2) is 7.45. The van der Waals surface area contributed by atoms with E-state index in [1.54, 1.807) is 0 Å². The second-order valence-electron chi connectivity index (χ2n) is 6.09. The fourth-order valence-electron chi connectivity index (χ4n) is 3.00. The van der Waals surface area contributed by atoms with E-state index in [1.807, 2.05) is 4.90 Å². The second-order valence-corrected chi connectivity index (χ2v) is 6.09. The lowest BCUT2D eigenvalue weighted by atomic mass is 10.0. The van der Waals surface area contributed by atoms with Gasteiger partial charge in [-0.05, 0) is 31.5 Å². The van der Waals surface area contributed by atoms with Crippen LogP contribution in [0.15, 0.2) is 28.8 Å². The zero-order valence-corrected chi connectivity index (χ0v) is 14.1. The lowest BCUT2D eigenvalue weighted by molar-refractivity contribution is -0.148. The Morgan fingerprint density at radius 2 is 2.04 bits per heavy atom. The molecule has 140 valence electrons. The van der Waals surface area contributed by atoms with Gasteiger partial charge in [-0.2, -0.15) is 18.2 Å². The van der Waals surface area contributed by atoms with Gasteiger partial charge in [-0.1, -0.05) is 23.7 Å². The monoisotopic (exact) mass is 369 g/mol. The van der Waals surface area contributed by atoms with Crippen LogP contribution in [0.3, 0.4) is 0 Å². The Hall–Kier alpha value is -2.42. The molecule has 2 heterocycles. The van der Waals surface area contributed by atoms with Crippen LogP contribution in [0.2, 0.25) is 0 Å². The maximum Gasteiger partial charge on any atom is 0.416 e. The summed E-state index contributed by atoms with van der Waals surface area (Å²) >= 11 is 0. The van der Waals surface area contributed by atoms with Crippen LogP contribution in [0.4, 0.5) is 13.2 Å². The molecule has 1 fully saturated rings. The van der Waals surface area contributed by atoms with Gasteiger partial charge in [0.2, 0.25) is 11.7 Å². The van der Waals surface area contributed by atoms with E-state index in [0.29, 0.717) is 24.4 Å². The highest BCUT2D eigenvalue weighted by atomic mass is 19.4. The molecule has 1 saturated heterocycles. The number of esters is 1. The van der Waals surface area contributed by atoms with Crippen molar-refractivity contribution in [2.24, 2.45) is 0 Å². The third-order valence-electron chi connectivity index (χ3n) is 4.36. The topological polar surface area (TPSA) is 68.5 Å². The first-order valence-corrected chi connectivity index (χ1v) is 8.20. The van der Waals surface area contributed by atoms with Crippen LogP contribution < -0.4 is 0 Å². The molecular weight excluding hydrogens is 351 g/mol. The number of alkyl halides is 3. The zero-order valence-electron chi connectivity index (χ0n) is 14.1. The summed E-state index contributed by atoms with van der Waals surface area (Å²) in [5.41, 5.74) is -0.310. The smallest absolute Gasteiger partial charge is 0.416 e. The van der Waals surface area contributed by atoms with E-state index >= 15 is 0 Å². The Bertz CT molecular complexity index is 759. The Labute approximate surface area is 147 Å². The minimum Gasteiger partial charge on any atom is -0.468 e. The number of hydrogen-bond acceptors (Lipinski definition) is 6. The third kappa shape index (κ3) is 4.04.